The van der Waals surface area contributed by atoms with Crippen LogP contribution in [0.4, 0.5) is 4.39 Å². The van der Waals surface area contributed by atoms with Crippen molar-refractivity contribution in [1.29, 1.82) is 0 Å². The smallest absolute Gasteiger partial charge is 0.109 e. The number of halogens is 1. The zero-order valence-electron chi connectivity index (χ0n) is 23.8. The maximum absolute atomic E-state index is 14.5. The summed E-state index contributed by atoms with van der Waals surface area (Å²) in [6, 6.07) is 9.33. The predicted octanol–water partition coefficient (Wildman–Crippen LogP) is 9.86. The average Bonchev–Trinajstić information content (AvgIpc) is 3.63. The fourth-order valence-electron chi connectivity index (χ4n) is 6.68. The van der Waals surface area contributed by atoms with Crippen molar-refractivity contribution in [2.45, 2.75) is 98.6 Å². The van der Waals surface area contributed by atoms with E-state index >= 15 is 0 Å². The van der Waals surface area contributed by atoms with E-state index in [1.807, 2.05) is 0 Å². The Labute approximate surface area is 224 Å². The third-order valence-corrected chi connectivity index (χ3v) is 9.46. The molecule has 1 aromatic carbocycles. The first-order valence-corrected chi connectivity index (χ1v) is 14.5. The van der Waals surface area contributed by atoms with Crippen molar-refractivity contribution >= 4 is 5.57 Å². The highest BCUT2D eigenvalue weighted by Crippen LogP contribution is 2.45. The zero-order valence-corrected chi connectivity index (χ0v) is 23.8. The summed E-state index contributed by atoms with van der Waals surface area (Å²) in [5.41, 5.74) is 11.2. The van der Waals surface area contributed by atoms with Crippen molar-refractivity contribution in [3.8, 4) is 0 Å². The Morgan fingerprint density at radius 1 is 0.973 bits per heavy atom. The average molecular weight is 501 g/mol. The van der Waals surface area contributed by atoms with Crippen molar-refractivity contribution < 1.29 is 9.13 Å². The van der Waals surface area contributed by atoms with E-state index in [0.29, 0.717) is 31.3 Å². The molecule has 1 nitrogen and oxygen atoms in total. The molecule has 1 unspecified atom stereocenters. The van der Waals surface area contributed by atoms with Crippen LogP contribution in [0.15, 0.2) is 75.6 Å². The number of hydrogen-bond acceptors (Lipinski definition) is 1. The predicted molar refractivity (Wildman–Crippen MR) is 154 cm³/mol. The minimum atomic E-state index is -0.979. The van der Waals surface area contributed by atoms with Gasteiger partial charge in [0.25, 0.3) is 0 Å². The molecule has 4 aliphatic rings. The van der Waals surface area contributed by atoms with Gasteiger partial charge >= 0.3 is 0 Å². The van der Waals surface area contributed by atoms with E-state index in [9.17, 15) is 4.39 Å². The van der Waals surface area contributed by atoms with Gasteiger partial charge in [-0.3, -0.25) is 0 Å². The number of benzene rings is 1. The molecule has 0 amide bonds. The normalized spacial score (nSPS) is 29.2. The first kappa shape index (κ1) is 26.3. The molecule has 2 fully saturated rings. The van der Waals surface area contributed by atoms with Crippen molar-refractivity contribution in [2.75, 3.05) is 6.61 Å². The summed E-state index contributed by atoms with van der Waals surface area (Å²) in [4.78, 5) is 0. The van der Waals surface area contributed by atoms with Gasteiger partial charge in [0.15, 0.2) is 0 Å². The van der Waals surface area contributed by atoms with E-state index in [4.69, 9.17) is 4.74 Å². The lowest BCUT2D eigenvalue weighted by Crippen LogP contribution is -2.26. The van der Waals surface area contributed by atoms with E-state index < -0.39 is 5.67 Å². The number of hydrogen-bond donors (Lipinski definition) is 0. The molecule has 0 spiro atoms. The number of allylic oxidation sites excluding steroid dienone is 9. The van der Waals surface area contributed by atoms with E-state index in [1.54, 1.807) is 6.92 Å². The summed E-state index contributed by atoms with van der Waals surface area (Å²) in [6.45, 7) is 13.5. The Balaban J connectivity index is 1.46. The van der Waals surface area contributed by atoms with Crippen LogP contribution in [0.2, 0.25) is 0 Å². The van der Waals surface area contributed by atoms with Gasteiger partial charge in [-0.1, -0.05) is 36.4 Å². The van der Waals surface area contributed by atoms with Crippen LogP contribution in [-0.2, 0) is 11.2 Å². The standard InChI is InChI=1S/C35H45FO/c1-22(34-24(3)23(2)21-37-26(34)5)17-32-25(4)33(30-11-9-28(10-12-30)18-27-7-8-27)20-31(32)19-29-13-15-35(6,36)16-14-29/h9-12,17,20,27,29,31H,7-8,13-16,18-19,21H2,1-6H3/b22-17+. The summed E-state index contributed by atoms with van der Waals surface area (Å²) < 4.78 is 20.5. The minimum Gasteiger partial charge on any atom is -0.493 e. The first-order valence-electron chi connectivity index (χ1n) is 14.5. The number of rotatable bonds is 7. The van der Waals surface area contributed by atoms with Gasteiger partial charge < -0.3 is 4.74 Å². The number of alkyl halides is 1. The summed E-state index contributed by atoms with van der Waals surface area (Å²) >= 11 is 0. The fourth-order valence-corrected chi connectivity index (χ4v) is 6.68. The van der Waals surface area contributed by atoms with Gasteiger partial charge in [0, 0.05) is 11.5 Å². The largest absolute Gasteiger partial charge is 0.493 e. The molecule has 3 aliphatic carbocycles. The lowest BCUT2D eigenvalue weighted by molar-refractivity contribution is 0.0986. The molecule has 0 radical (unpaired) electrons. The second-order valence-electron chi connectivity index (χ2n) is 12.7. The van der Waals surface area contributed by atoms with Crippen LogP contribution >= 0.6 is 0 Å². The second-order valence-corrected chi connectivity index (χ2v) is 12.7. The van der Waals surface area contributed by atoms with Gasteiger partial charge in [-0.2, -0.15) is 0 Å². The molecule has 2 saturated carbocycles. The van der Waals surface area contributed by atoms with Crippen LogP contribution in [0.3, 0.4) is 0 Å². The molecule has 0 bridgehead atoms. The Bertz CT molecular complexity index is 1190. The molecule has 0 aromatic heterocycles. The molecule has 198 valence electrons. The van der Waals surface area contributed by atoms with Gasteiger partial charge in [-0.05, 0) is 149 Å². The lowest BCUT2D eigenvalue weighted by atomic mass is 9.76. The molecule has 1 aromatic rings. The highest BCUT2D eigenvalue weighted by atomic mass is 19.1. The Kier molecular flexibility index (Phi) is 7.40. The third kappa shape index (κ3) is 5.89. The molecular weight excluding hydrogens is 455 g/mol. The first-order chi connectivity index (χ1) is 17.6. The quantitative estimate of drug-likeness (QED) is 0.362. The van der Waals surface area contributed by atoms with Gasteiger partial charge in [-0.15, -0.1) is 0 Å². The van der Waals surface area contributed by atoms with Crippen LogP contribution in [-0.4, -0.2) is 12.3 Å². The molecule has 2 heteroatoms. The molecule has 1 atom stereocenters. The minimum absolute atomic E-state index is 0.376. The third-order valence-electron chi connectivity index (χ3n) is 9.46. The van der Waals surface area contributed by atoms with Crippen LogP contribution < -0.4 is 0 Å². The summed E-state index contributed by atoms with van der Waals surface area (Å²) in [5, 5.41) is 0. The molecule has 0 N–H and O–H groups in total. The lowest BCUT2D eigenvalue weighted by Gasteiger charge is -2.32. The summed E-state index contributed by atoms with van der Waals surface area (Å²) in [7, 11) is 0. The maximum Gasteiger partial charge on any atom is 0.109 e. The van der Waals surface area contributed by atoms with E-state index in [2.05, 4.69) is 71.0 Å². The van der Waals surface area contributed by atoms with Crippen molar-refractivity contribution in [2.24, 2.45) is 17.8 Å². The maximum atomic E-state index is 14.5. The molecule has 1 heterocycles. The van der Waals surface area contributed by atoms with E-state index in [1.165, 1.54) is 69.4 Å². The molecule has 5 rings (SSSR count). The SMILES string of the molecule is CC1=C(C)C(/C(C)=C/C2=C(C)C(c3ccc(CC4CC4)cc3)=CC2CC2CCC(C)(F)CC2)=C(C)OC1. The summed E-state index contributed by atoms with van der Waals surface area (Å²) in [6.07, 6.45) is 13.4. The molecule has 0 saturated heterocycles. The van der Waals surface area contributed by atoms with Gasteiger partial charge in [0.1, 0.15) is 18.0 Å². The van der Waals surface area contributed by atoms with Crippen molar-refractivity contribution in [3.63, 3.8) is 0 Å². The van der Waals surface area contributed by atoms with E-state index in [0.717, 1.165) is 30.9 Å². The Morgan fingerprint density at radius 3 is 2.30 bits per heavy atom. The topological polar surface area (TPSA) is 9.23 Å². The van der Waals surface area contributed by atoms with Crippen LogP contribution in [0.5, 0.6) is 0 Å². The zero-order chi connectivity index (χ0) is 26.3. The Hall–Kier alpha value is -2.35. The van der Waals surface area contributed by atoms with Crippen LogP contribution in [0, 0.1) is 17.8 Å². The monoisotopic (exact) mass is 500 g/mol. The van der Waals surface area contributed by atoms with Gasteiger partial charge in [0.05, 0.1) is 0 Å². The van der Waals surface area contributed by atoms with Crippen molar-refractivity contribution in [1.82, 2.24) is 0 Å². The molecule has 1 aliphatic heterocycles. The van der Waals surface area contributed by atoms with Crippen molar-refractivity contribution in [3.05, 3.63) is 86.7 Å². The fraction of sp³-hybridized carbons (Fsp3) is 0.543. The molecule has 37 heavy (non-hydrogen) atoms. The van der Waals surface area contributed by atoms with Crippen LogP contribution in [0.1, 0.15) is 97.6 Å². The number of ether oxygens (including phenoxy) is 1. The second kappa shape index (κ2) is 10.4. The highest BCUT2D eigenvalue weighted by Gasteiger charge is 2.33. The highest BCUT2D eigenvalue weighted by molar-refractivity contribution is 5.84. The van der Waals surface area contributed by atoms with E-state index in [-0.39, 0.29) is 0 Å². The van der Waals surface area contributed by atoms with Crippen LogP contribution in [0.25, 0.3) is 5.57 Å². The van der Waals surface area contributed by atoms with Gasteiger partial charge in [-0.25, -0.2) is 4.39 Å². The molecular formula is C35H45FO. The Morgan fingerprint density at radius 2 is 1.65 bits per heavy atom. The summed E-state index contributed by atoms with van der Waals surface area (Å²) in [5.74, 6) is 2.90. The van der Waals surface area contributed by atoms with Gasteiger partial charge in [0.2, 0.25) is 0 Å².